The summed E-state index contributed by atoms with van der Waals surface area (Å²) in [5.74, 6) is 0.846. The van der Waals surface area contributed by atoms with Gasteiger partial charge in [0.25, 0.3) is 0 Å². The van der Waals surface area contributed by atoms with E-state index in [0.29, 0.717) is 5.92 Å². The zero-order valence-corrected chi connectivity index (χ0v) is 12.6. The fourth-order valence-corrected chi connectivity index (χ4v) is 3.19. The van der Waals surface area contributed by atoms with Gasteiger partial charge in [-0.15, -0.1) is 0 Å². The van der Waals surface area contributed by atoms with Crippen molar-refractivity contribution in [2.24, 2.45) is 17.6 Å². The van der Waals surface area contributed by atoms with Gasteiger partial charge in [0, 0.05) is 13.1 Å². The maximum absolute atomic E-state index is 12.9. The Morgan fingerprint density at radius 3 is 2.70 bits per heavy atom. The Balaban J connectivity index is 1.83. The van der Waals surface area contributed by atoms with Crippen LogP contribution in [0.5, 0.6) is 0 Å². The monoisotopic (exact) mass is 279 g/mol. The summed E-state index contributed by atoms with van der Waals surface area (Å²) in [6, 6.07) is 2.98. The molecule has 3 nitrogen and oxygen atoms in total. The fraction of sp³-hybridized carbons (Fsp3) is 0.688. The Labute approximate surface area is 121 Å². The molecule has 4 heteroatoms. The SMILES string of the molecule is CC(CN(C)CC1CCCC1)C(N)c1ccc(F)cn1. The van der Waals surface area contributed by atoms with Crippen LogP contribution in [-0.4, -0.2) is 30.0 Å². The Hall–Kier alpha value is -1.00. The largest absolute Gasteiger partial charge is 0.322 e. The highest BCUT2D eigenvalue weighted by molar-refractivity contribution is 5.10. The molecule has 112 valence electrons. The van der Waals surface area contributed by atoms with E-state index in [9.17, 15) is 4.39 Å². The van der Waals surface area contributed by atoms with Crippen molar-refractivity contribution in [3.05, 3.63) is 29.8 Å². The molecule has 1 fully saturated rings. The molecule has 1 aliphatic carbocycles. The van der Waals surface area contributed by atoms with Gasteiger partial charge in [0.05, 0.1) is 17.9 Å². The number of hydrogen-bond donors (Lipinski definition) is 1. The van der Waals surface area contributed by atoms with E-state index >= 15 is 0 Å². The predicted octanol–water partition coefficient (Wildman–Crippen LogP) is 2.98. The first-order valence-corrected chi connectivity index (χ1v) is 7.62. The Morgan fingerprint density at radius 1 is 1.40 bits per heavy atom. The van der Waals surface area contributed by atoms with Crippen molar-refractivity contribution in [2.75, 3.05) is 20.1 Å². The lowest BCUT2D eigenvalue weighted by molar-refractivity contribution is 0.229. The highest BCUT2D eigenvalue weighted by Crippen LogP contribution is 2.26. The lowest BCUT2D eigenvalue weighted by Gasteiger charge is -2.27. The predicted molar refractivity (Wildman–Crippen MR) is 79.7 cm³/mol. The van der Waals surface area contributed by atoms with Gasteiger partial charge in [0.1, 0.15) is 5.82 Å². The van der Waals surface area contributed by atoms with Crippen LogP contribution in [0.1, 0.15) is 44.3 Å². The molecule has 2 rings (SSSR count). The van der Waals surface area contributed by atoms with Crippen LogP contribution in [0, 0.1) is 17.7 Å². The molecule has 0 amide bonds. The molecule has 0 radical (unpaired) electrons. The van der Waals surface area contributed by atoms with Crippen LogP contribution in [0.2, 0.25) is 0 Å². The average molecular weight is 279 g/mol. The highest BCUT2D eigenvalue weighted by Gasteiger charge is 2.21. The van der Waals surface area contributed by atoms with Crippen molar-refractivity contribution in [2.45, 2.75) is 38.6 Å². The van der Waals surface area contributed by atoms with Gasteiger partial charge in [-0.05, 0) is 43.9 Å². The number of aromatic nitrogens is 1. The molecule has 1 aromatic heterocycles. The first-order chi connectivity index (χ1) is 9.56. The number of pyridine rings is 1. The van der Waals surface area contributed by atoms with Crippen LogP contribution in [0.15, 0.2) is 18.3 Å². The summed E-state index contributed by atoms with van der Waals surface area (Å²) in [6.07, 6.45) is 6.74. The van der Waals surface area contributed by atoms with Crippen LogP contribution in [0.3, 0.4) is 0 Å². The third-order valence-corrected chi connectivity index (χ3v) is 4.35. The number of hydrogen-bond acceptors (Lipinski definition) is 3. The second-order valence-electron chi connectivity index (χ2n) is 6.28. The first kappa shape index (κ1) is 15.4. The average Bonchev–Trinajstić information content (AvgIpc) is 2.91. The zero-order valence-electron chi connectivity index (χ0n) is 12.6. The van der Waals surface area contributed by atoms with Crippen LogP contribution in [0.25, 0.3) is 0 Å². The first-order valence-electron chi connectivity index (χ1n) is 7.62. The molecule has 0 saturated heterocycles. The van der Waals surface area contributed by atoms with Gasteiger partial charge in [-0.3, -0.25) is 4.98 Å². The van der Waals surface area contributed by atoms with Gasteiger partial charge < -0.3 is 10.6 Å². The molecule has 2 unspecified atom stereocenters. The highest BCUT2D eigenvalue weighted by atomic mass is 19.1. The van der Waals surface area contributed by atoms with Crippen molar-refractivity contribution in [3.63, 3.8) is 0 Å². The third kappa shape index (κ3) is 4.25. The Kier molecular flexibility index (Phi) is 5.49. The molecule has 0 aliphatic heterocycles. The lowest BCUT2D eigenvalue weighted by atomic mass is 9.98. The summed E-state index contributed by atoms with van der Waals surface area (Å²) in [6.45, 7) is 4.26. The zero-order chi connectivity index (χ0) is 14.5. The van der Waals surface area contributed by atoms with Gasteiger partial charge in [0.2, 0.25) is 0 Å². The van der Waals surface area contributed by atoms with Crippen molar-refractivity contribution < 1.29 is 4.39 Å². The van der Waals surface area contributed by atoms with E-state index < -0.39 is 0 Å². The minimum absolute atomic E-state index is 0.137. The smallest absolute Gasteiger partial charge is 0.141 e. The molecule has 0 aromatic carbocycles. The molecule has 2 N–H and O–H groups in total. The van der Waals surface area contributed by atoms with E-state index in [1.165, 1.54) is 37.9 Å². The van der Waals surface area contributed by atoms with Gasteiger partial charge in [-0.2, -0.15) is 0 Å². The molecular formula is C16H26FN3. The van der Waals surface area contributed by atoms with Crippen LogP contribution < -0.4 is 5.73 Å². The third-order valence-electron chi connectivity index (χ3n) is 4.35. The van der Waals surface area contributed by atoms with Gasteiger partial charge >= 0.3 is 0 Å². The van der Waals surface area contributed by atoms with Crippen LogP contribution >= 0.6 is 0 Å². The van der Waals surface area contributed by atoms with E-state index in [2.05, 4.69) is 23.9 Å². The Morgan fingerprint density at radius 2 is 2.10 bits per heavy atom. The number of nitrogens with zero attached hydrogens (tertiary/aromatic N) is 2. The number of rotatable bonds is 6. The standard InChI is InChI=1S/C16H26FN3/c1-12(10-20(2)11-13-5-3-4-6-13)16(18)15-8-7-14(17)9-19-15/h7-9,12-13,16H,3-6,10-11,18H2,1-2H3. The van der Waals surface area contributed by atoms with Crippen molar-refractivity contribution in [1.29, 1.82) is 0 Å². The van der Waals surface area contributed by atoms with Gasteiger partial charge in [0.15, 0.2) is 0 Å². The van der Waals surface area contributed by atoms with E-state index in [4.69, 9.17) is 5.73 Å². The summed E-state index contributed by atoms with van der Waals surface area (Å²) in [5, 5.41) is 0. The van der Waals surface area contributed by atoms with Gasteiger partial charge in [-0.1, -0.05) is 19.8 Å². The molecule has 0 bridgehead atoms. The molecule has 20 heavy (non-hydrogen) atoms. The molecule has 1 aliphatic rings. The summed E-state index contributed by atoms with van der Waals surface area (Å²) < 4.78 is 12.9. The van der Waals surface area contributed by atoms with E-state index in [1.807, 2.05) is 0 Å². The van der Waals surface area contributed by atoms with Crippen LogP contribution in [0.4, 0.5) is 4.39 Å². The second-order valence-corrected chi connectivity index (χ2v) is 6.28. The van der Waals surface area contributed by atoms with E-state index in [-0.39, 0.29) is 11.9 Å². The number of nitrogens with two attached hydrogens (primary N) is 1. The summed E-state index contributed by atoms with van der Waals surface area (Å²) in [4.78, 5) is 6.47. The van der Waals surface area contributed by atoms with Crippen molar-refractivity contribution in [3.8, 4) is 0 Å². The van der Waals surface area contributed by atoms with E-state index in [0.717, 1.165) is 24.7 Å². The van der Waals surface area contributed by atoms with Crippen LogP contribution in [-0.2, 0) is 0 Å². The van der Waals surface area contributed by atoms with Crippen molar-refractivity contribution >= 4 is 0 Å². The summed E-state index contributed by atoms with van der Waals surface area (Å²) in [5.41, 5.74) is 7.00. The fourth-order valence-electron chi connectivity index (χ4n) is 3.19. The molecule has 2 atom stereocenters. The van der Waals surface area contributed by atoms with Gasteiger partial charge in [-0.25, -0.2) is 4.39 Å². The van der Waals surface area contributed by atoms with Crippen molar-refractivity contribution in [1.82, 2.24) is 9.88 Å². The topological polar surface area (TPSA) is 42.1 Å². The number of halogens is 1. The second kappa shape index (κ2) is 7.14. The Bertz CT molecular complexity index is 401. The minimum Gasteiger partial charge on any atom is -0.322 e. The minimum atomic E-state index is -0.313. The maximum atomic E-state index is 12.9. The molecular weight excluding hydrogens is 253 g/mol. The molecule has 0 spiro atoms. The molecule has 1 aromatic rings. The van der Waals surface area contributed by atoms with E-state index in [1.54, 1.807) is 6.07 Å². The molecule has 1 saturated carbocycles. The molecule has 1 heterocycles. The summed E-state index contributed by atoms with van der Waals surface area (Å²) >= 11 is 0. The summed E-state index contributed by atoms with van der Waals surface area (Å²) in [7, 11) is 2.17. The normalized spacial score (nSPS) is 19.4. The lowest BCUT2D eigenvalue weighted by Crippen LogP contribution is -2.34. The quantitative estimate of drug-likeness (QED) is 0.870. The maximum Gasteiger partial charge on any atom is 0.141 e.